The van der Waals surface area contributed by atoms with Gasteiger partial charge in [0.25, 0.3) is 0 Å². The van der Waals surface area contributed by atoms with Crippen LogP contribution in [0.4, 0.5) is 0 Å². The van der Waals surface area contributed by atoms with Crippen molar-refractivity contribution in [1.29, 1.82) is 0 Å². The molecule has 0 aromatic carbocycles. The van der Waals surface area contributed by atoms with Crippen molar-refractivity contribution < 1.29 is 14.6 Å². The van der Waals surface area contributed by atoms with Gasteiger partial charge in [-0.25, -0.2) is 0 Å². The number of ether oxygens (including phenoxy) is 1. The van der Waals surface area contributed by atoms with Crippen LogP contribution in [0, 0.1) is 46.3 Å². The summed E-state index contributed by atoms with van der Waals surface area (Å²) in [5.74, 6) is 3.87. The topological polar surface area (TPSA) is 58.6 Å². The van der Waals surface area contributed by atoms with E-state index in [1.807, 2.05) is 14.0 Å². The molecule has 0 heterocycles. The number of rotatable bonds is 6. The lowest BCUT2D eigenvalue weighted by Gasteiger charge is -2.62. The van der Waals surface area contributed by atoms with Crippen LogP contribution in [0.2, 0.25) is 0 Å². The minimum atomic E-state index is -0.146. The molecule has 1 amide bonds. The summed E-state index contributed by atoms with van der Waals surface area (Å²) in [6, 6.07) is 0. The van der Waals surface area contributed by atoms with Gasteiger partial charge in [0.1, 0.15) is 0 Å². The third kappa shape index (κ3) is 4.42. The molecule has 186 valence electrons. The van der Waals surface area contributed by atoms with Crippen molar-refractivity contribution in [1.82, 2.24) is 5.32 Å². The Kier molecular flexibility index (Phi) is 8.43. The van der Waals surface area contributed by atoms with Gasteiger partial charge in [0, 0.05) is 20.1 Å². The number of nitrogens with one attached hydrogen (secondary N) is 1. The van der Waals surface area contributed by atoms with Gasteiger partial charge in [-0.15, -0.1) is 0 Å². The number of aliphatic hydroxyl groups excluding tert-OH is 1. The molecule has 0 aromatic heterocycles. The third-order valence-corrected chi connectivity index (χ3v) is 10.9. The molecule has 0 spiro atoms. The normalized spacial score (nSPS) is 46.2. The summed E-state index contributed by atoms with van der Waals surface area (Å²) in [7, 11) is 1.85. The number of hydrogen-bond acceptors (Lipinski definition) is 3. The average Bonchev–Trinajstić information content (AvgIpc) is 3.09. The maximum absolute atomic E-state index is 12.0. The maximum Gasteiger partial charge on any atom is 0.219 e. The van der Waals surface area contributed by atoms with Crippen LogP contribution in [0.3, 0.4) is 0 Å². The summed E-state index contributed by atoms with van der Waals surface area (Å²) in [6.07, 6.45) is 11.6. The summed E-state index contributed by atoms with van der Waals surface area (Å²) < 4.78 is 5.73. The number of fused-ring (bicyclic) bond motifs is 5. The van der Waals surface area contributed by atoms with E-state index in [4.69, 9.17) is 4.74 Å². The number of hydrogen-bond donors (Lipinski definition) is 2. The fourth-order valence-electron chi connectivity index (χ4n) is 9.22. The summed E-state index contributed by atoms with van der Waals surface area (Å²) in [4.78, 5) is 12.0. The Hall–Kier alpha value is -0.180. The van der Waals surface area contributed by atoms with E-state index in [1.54, 1.807) is 0 Å². The maximum atomic E-state index is 12.0. The predicted octanol–water partition coefficient (Wildman–Crippen LogP) is 5.24. The van der Waals surface area contributed by atoms with Crippen molar-refractivity contribution in [2.45, 2.75) is 104 Å². The van der Waals surface area contributed by atoms with E-state index in [1.165, 1.54) is 38.5 Å². The second-order valence-corrected chi connectivity index (χ2v) is 12.1. The van der Waals surface area contributed by atoms with Crippen LogP contribution < -0.4 is 5.32 Å². The largest absolute Gasteiger partial charge is 0.393 e. The molecule has 4 saturated carbocycles. The third-order valence-electron chi connectivity index (χ3n) is 10.9. The molecule has 32 heavy (non-hydrogen) atoms. The van der Waals surface area contributed by atoms with Gasteiger partial charge in [0.05, 0.1) is 12.2 Å². The molecule has 4 fully saturated rings. The molecule has 5 unspecified atom stereocenters. The zero-order valence-corrected chi connectivity index (χ0v) is 22.8. The summed E-state index contributed by atoms with van der Waals surface area (Å²) >= 11 is 0. The first-order valence-corrected chi connectivity index (χ1v) is 13.2. The number of carbonyl (C=O) groups excluding carboxylic acids is 1. The number of carbonyl (C=O) groups is 1. The molecular weight excluding hydrogens is 417 g/mol. The van der Waals surface area contributed by atoms with Crippen molar-refractivity contribution in [3.63, 3.8) is 0 Å². The molecule has 5 heteroatoms. The average molecular weight is 468 g/mol. The predicted molar refractivity (Wildman–Crippen MR) is 136 cm³/mol. The first-order valence-electron chi connectivity index (χ1n) is 13.2. The summed E-state index contributed by atoms with van der Waals surface area (Å²) in [5, 5.41) is 14.4. The Morgan fingerprint density at radius 1 is 1.09 bits per heavy atom. The molecule has 4 nitrogen and oxygen atoms in total. The van der Waals surface area contributed by atoms with E-state index in [0.29, 0.717) is 58.9 Å². The molecule has 4 aliphatic rings. The highest BCUT2D eigenvalue weighted by atomic mass is 31.0. The van der Waals surface area contributed by atoms with E-state index in [2.05, 4.69) is 26.1 Å². The lowest BCUT2D eigenvalue weighted by Crippen LogP contribution is -2.58. The highest BCUT2D eigenvalue weighted by molar-refractivity contribution is 6.92. The van der Waals surface area contributed by atoms with Crippen molar-refractivity contribution in [3.8, 4) is 0 Å². The second kappa shape index (κ2) is 10.2. The van der Waals surface area contributed by atoms with Gasteiger partial charge in [0.15, 0.2) is 0 Å². The van der Waals surface area contributed by atoms with Crippen LogP contribution in [0.15, 0.2) is 0 Å². The fourth-order valence-corrected chi connectivity index (χ4v) is 9.22. The quantitative estimate of drug-likeness (QED) is 0.525. The fraction of sp³-hybridized carbons (Fsp3) is 0.963. The highest BCUT2D eigenvalue weighted by Crippen LogP contribution is 2.68. The molecular formula is C27H50NO3P. The molecule has 4 rings (SSSR count). The smallest absolute Gasteiger partial charge is 0.219 e. The Labute approximate surface area is 200 Å². The Bertz CT molecular complexity index is 659. The standard InChI is InChI=1S/C27H47NO3.H3P/c1-6-28-24(30)10-7-17(2)20-8-9-21-25-22(12-14-27(20,21)4)26(3)13-11-19(31-5)15-18(26)16-23(25)29;/h17-23,25,29H,6-16H2,1-5H3,(H,28,30);1H3/t17-,18-,19+,20?,21?,22?,23+,25?,26-,27+;/m0./s1. The van der Waals surface area contributed by atoms with Gasteiger partial charge in [0.2, 0.25) is 5.91 Å². The first kappa shape index (κ1) is 26.4. The van der Waals surface area contributed by atoms with Gasteiger partial charge in [-0.2, -0.15) is 9.90 Å². The monoisotopic (exact) mass is 467 g/mol. The molecule has 0 bridgehead atoms. The van der Waals surface area contributed by atoms with Crippen LogP contribution in [0.1, 0.15) is 91.9 Å². The van der Waals surface area contributed by atoms with E-state index < -0.39 is 0 Å². The first-order chi connectivity index (χ1) is 14.7. The minimum absolute atomic E-state index is 0. The van der Waals surface area contributed by atoms with E-state index in [0.717, 1.165) is 25.8 Å². The molecule has 11 atom stereocenters. The van der Waals surface area contributed by atoms with Gasteiger partial charge in [-0.05, 0) is 111 Å². The molecule has 0 aromatic rings. The lowest BCUT2D eigenvalue weighted by molar-refractivity contribution is -0.176. The molecule has 0 saturated heterocycles. The van der Waals surface area contributed by atoms with Crippen LogP contribution in [-0.2, 0) is 9.53 Å². The van der Waals surface area contributed by atoms with Crippen molar-refractivity contribution in [3.05, 3.63) is 0 Å². The number of amides is 1. The van der Waals surface area contributed by atoms with Crippen molar-refractivity contribution >= 4 is 15.8 Å². The van der Waals surface area contributed by atoms with Crippen LogP contribution in [0.5, 0.6) is 0 Å². The van der Waals surface area contributed by atoms with Crippen LogP contribution in [0.25, 0.3) is 0 Å². The summed E-state index contributed by atoms with van der Waals surface area (Å²) in [5.41, 5.74) is 0.706. The van der Waals surface area contributed by atoms with Gasteiger partial charge < -0.3 is 15.2 Å². The highest BCUT2D eigenvalue weighted by Gasteiger charge is 2.62. The second-order valence-electron chi connectivity index (χ2n) is 12.1. The lowest BCUT2D eigenvalue weighted by atomic mass is 9.43. The number of aliphatic hydroxyl groups is 1. The zero-order valence-electron chi connectivity index (χ0n) is 21.4. The molecule has 2 N–H and O–H groups in total. The molecule has 0 aliphatic heterocycles. The van der Waals surface area contributed by atoms with Crippen LogP contribution in [-0.4, -0.2) is 36.9 Å². The Morgan fingerprint density at radius 2 is 1.78 bits per heavy atom. The van der Waals surface area contributed by atoms with Crippen molar-refractivity contribution in [2.75, 3.05) is 13.7 Å². The van der Waals surface area contributed by atoms with Gasteiger partial charge in [-0.1, -0.05) is 20.8 Å². The van der Waals surface area contributed by atoms with E-state index in [9.17, 15) is 9.90 Å². The van der Waals surface area contributed by atoms with E-state index in [-0.39, 0.29) is 21.9 Å². The minimum Gasteiger partial charge on any atom is -0.393 e. The Morgan fingerprint density at radius 3 is 2.47 bits per heavy atom. The number of methoxy groups -OCH3 is 1. The SMILES string of the molecule is CCNC(=O)CC[C@H](C)C1CCC2C3C(CC[C@@]21C)[C@@]1(C)CC[C@@H](OC)C[C@H]1C[C@H]3O.P. The van der Waals surface area contributed by atoms with Gasteiger partial charge in [-0.3, -0.25) is 4.79 Å². The molecule has 0 radical (unpaired) electrons. The van der Waals surface area contributed by atoms with Crippen LogP contribution >= 0.6 is 9.90 Å². The Balaban J connectivity index is 0.00000289. The summed E-state index contributed by atoms with van der Waals surface area (Å²) in [6.45, 7) is 10.2. The van der Waals surface area contributed by atoms with E-state index >= 15 is 0 Å². The van der Waals surface area contributed by atoms with Gasteiger partial charge >= 0.3 is 0 Å². The zero-order chi connectivity index (χ0) is 22.4. The van der Waals surface area contributed by atoms with Crippen molar-refractivity contribution in [2.24, 2.45) is 46.3 Å². The molecule has 4 aliphatic carbocycles.